The SMILES string of the molecule is COc1ccc(CN2CCN(S(=O)(=O)c3ccc4[nH]c(=O)[nH]c(=O)c4c3)CC2)cc1OC. The van der Waals surface area contributed by atoms with Crippen molar-refractivity contribution in [1.82, 2.24) is 19.2 Å². The number of aromatic nitrogens is 2. The maximum Gasteiger partial charge on any atom is 0.326 e. The van der Waals surface area contributed by atoms with Gasteiger partial charge in [0.1, 0.15) is 0 Å². The van der Waals surface area contributed by atoms with E-state index in [2.05, 4.69) is 14.9 Å². The number of nitrogens with one attached hydrogen (secondary N) is 2. The highest BCUT2D eigenvalue weighted by Gasteiger charge is 2.29. The van der Waals surface area contributed by atoms with Gasteiger partial charge in [-0.3, -0.25) is 14.7 Å². The second-order valence-corrected chi connectivity index (χ2v) is 9.42. The van der Waals surface area contributed by atoms with Crippen LogP contribution in [0.5, 0.6) is 11.5 Å². The summed E-state index contributed by atoms with van der Waals surface area (Å²) < 4.78 is 38.3. The molecular formula is C21H24N4O6S. The molecular weight excluding hydrogens is 436 g/mol. The van der Waals surface area contributed by atoms with Crippen molar-refractivity contribution in [2.24, 2.45) is 0 Å². The maximum absolute atomic E-state index is 13.1. The molecule has 10 nitrogen and oxygen atoms in total. The Morgan fingerprint density at radius 3 is 2.31 bits per heavy atom. The quantitative estimate of drug-likeness (QED) is 0.556. The molecule has 0 aliphatic carbocycles. The molecule has 32 heavy (non-hydrogen) atoms. The number of aromatic amines is 2. The maximum atomic E-state index is 13.1. The second-order valence-electron chi connectivity index (χ2n) is 7.49. The lowest BCUT2D eigenvalue weighted by molar-refractivity contribution is 0.181. The topological polar surface area (TPSA) is 125 Å². The number of rotatable bonds is 6. The Morgan fingerprint density at radius 1 is 0.906 bits per heavy atom. The minimum Gasteiger partial charge on any atom is -0.493 e. The molecule has 2 N–H and O–H groups in total. The van der Waals surface area contributed by atoms with Crippen molar-refractivity contribution in [2.75, 3.05) is 40.4 Å². The van der Waals surface area contributed by atoms with Crippen LogP contribution in [0, 0.1) is 0 Å². The average Bonchev–Trinajstić information content (AvgIpc) is 2.79. The fourth-order valence-electron chi connectivity index (χ4n) is 3.82. The number of hydrogen-bond donors (Lipinski definition) is 2. The van der Waals surface area contributed by atoms with Gasteiger partial charge in [-0.15, -0.1) is 0 Å². The van der Waals surface area contributed by atoms with Crippen molar-refractivity contribution in [3.63, 3.8) is 0 Å². The Morgan fingerprint density at radius 2 is 1.62 bits per heavy atom. The summed E-state index contributed by atoms with van der Waals surface area (Å²) in [7, 11) is -0.599. The lowest BCUT2D eigenvalue weighted by atomic mass is 10.1. The molecule has 0 spiro atoms. The number of hydrogen-bond acceptors (Lipinski definition) is 7. The van der Waals surface area contributed by atoms with Gasteiger partial charge in [-0.25, -0.2) is 13.2 Å². The van der Waals surface area contributed by atoms with Crippen LogP contribution >= 0.6 is 0 Å². The lowest BCUT2D eigenvalue weighted by Crippen LogP contribution is -2.48. The van der Waals surface area contributed by atoms with Crippen LogP contribution in [0.3, 0.4) is 0 Å². The fourth-order valence-corrected chi connectivity index (χ4v) is 5.27. The molecule has 0 radical (unpaired) electrons. The first-order chi connectivity index (χ1) is 15.3. The van der Waals surface area contributed by atoms with E-state index in [1.165, 1.54) is 22.5 Å². The van der Waals surface area contributed by atoms with Crippen LogP contribution in [0.4, 0.5) is 0 Å². The van der Waals surface area contributed by atoms with E-state index in [0.717, 1.165) is 5.56 Å². The van der Waals surface area contributed by atoms with Crippen molar-refractivity contribution in [3.05, 3.63) is 62.8 Å². The van der Waals surface area contributed by atoms with Gasteiger partial charge >= 0.3 is 5.69 Å². The number of fused-ring (bicyclic) bond motifs is 1. The van der Waals surface area contributed by atoms with E-state index in [4.69, 9.17) is 9.47 Å². The van der Waals surface area contributed by atoms with Gasteiger partial charge < -0.3 is 14.5 Å². The smallest absolute Gasteiger partial charge is 0.326 e. The van der Waals surface area contributed by atoms with Crippen LogP contribution in [0.2, 0.25) is 0 Å². The number of sulfonamides is 1. The van der Waals surface area contributed by atoms with E-state index in [-0.39, 0.29) is 15.8 Å². The molecule has 0 unspecified atom stereocenters. The monoisotopic (exact) mass is 460 g/mol. The summed E-state index contributed by atoms with van der Waals surface area (Å²) in [6.45, 7) is 2.45. The van der Waals surface area contributed by atoms with Crippen molar-refractivity contribution < 1.29 is 17.9 Å². The van der Waals surface area contributed by atoms with Crippen LogP contribution in [0.25, 0.3) is 10.9 Å². The third-order valence-corrected chi connectivity index (χ3v) is 7.43. The van der Waals surface area contributed by atoms with E-state index in [9.17, 15) is 18.0 Å². The van der Waals surface area contributed by atoms with Crippen LogP contribution < -0.4 is 20.7 Å². The summed E-state index contributed by atoms with van der Waals surface area (Å²) in [5, 5.41) is 0.123. The Bertz CT molecular complexity index is 1360. The van der Waals surface area contributed by atoms with Gasteiger partial charge in [-0.1, -0.05) is 6.07 Å². The molecule has 0 saturated carbocycles. The van der Waals surface area contributed by atoms with Gasteiger partial charge in [-0.05, 0) is 35.9 Å². The molecule has 170 valence electrons. The molecule has 0 bridgehead atoms. The van der Waals surface area contributed by atoms with Crippen LogP contribution in [0.15, 0.2) is 50.9 Å². The molecule has 2 heterocycles. The van der Waals surface area contributed by atoms with Crippen molar-refractivity contribution in [2.45, 2.75) is 11.4 Å². The zero-order valence-corrected chi connectivity index (χ0v) is 18.6. The Labute approximate surface area is 184 Å². The zero-order valence-electron chi connectivity index (χ0n) is 17.8. The van der Waals surface area contributed by atoms with Crippen molar-refractivity contribution in [3.8, 4) is 11.5 Å². The molecule has 0 atom stereocenters. The van der Waals surface area contributed by atoms with Crippen LogP contribution in [-0.2, 0) is 16.6 Å². The van der Waals surface area contributed by atoms with Gasteiger partial charge in [0.2, 0.25) is 10.0 Å². The van der Waals surface area contributed by atoms with E-state index < -0.39 is 21.3 Å². The third kappa shape index (κ3) is 4.27. The highest BCUT2D eigenvalue weighted by molar-refractivity contribution is 7.89. The highest BCUT2D eigenvalue weighted by Crippen LogP contribution is 2.28. The van der Waals surface area contributed by atoms with Crippen LogP contribution in [0.1, 0.15) is 5.56 Å². The first-order valence-electron chi connectivity index (χ1n) is 10.0. The van der Waals surface area contributed by atoms with E-state index in [1.54, 1.807) is 14.2 Å². The molecule has 1 saturated heterocycles. The first kappa shape index (κ1) is 22.1. The Balaban J connectivity index is 1.47. The molecule has 3 aromatic rings. The van der Waals surface area contributed by atoms with Crippen molar-refractivity contribution >= 4 is 20.9 Å². The van der Waals surface area contributed by atoms with Crippen LogP contribution in [-0.4, -0.2) is 68.0 Å². The molecule has 1 aromatic heterocycles. The molecule has 1 fully saturated rings. The van der Waals surface area contributed by atoms with E-state index in [1.807, 2.05) is 18.2 Å². The number of methoxy groups -OCH3 is 2. The molecule has 1 aliphatic heterocycles. The first-order valence-corrected chi connectivity index (χ1v) is 11.5. The number of H-pyrrole nitrogens is 2. The summed E-state index contributed by atoms with van der Waals surface area (Å²) in [5.74, 6) is 1.31. The highest BCUT2D eigenvalue weighted by atomic mass is 32.2. The minimum atomic E-state index is -3.77. The summed E-state index contributed by atoms with van der Waals surface area (Å²) in [4.78, 5) is 30.3. The van der Waals surface area contributed by atoms with Gasteiger partial charge in [0.15, 0.2) is 11.5 Å². The summed E-state index contributed by atoms with van der Waals surface area (Å²) in [5.41, 5.74) is 0.0726. The normalized spacial score (nSPS) is 15.7. The molecule has 1 aliphatic rings. The van der Waals surface area contributed by atoms with E-state index in [0.29, 0.717) is 44.2 Å². The number of piperazine rings is 1. The zero-order chi connectivity index (χ0) is 22.9. The summed E-state index contributed by atoms with van der Waals surface area (Å²) >= 11 is 0. The number of nitrogens with zero attached hydrogens (tertiary/aromatic N) is 2. The molecule has 2 aromatic carbocycles. The molecule has 11 heteroatoms. The Hall–Kier alpha value is -3.15. The predicted molar refractivity (Wildman–Crippen MR) is 119 cm³/mol. The largest absolute Gasteiger partial charge is 0.493 e. The second kappa shape index (κ2) is 8.77. The fraction of sp³-hybridized carbons (Fsp3) is 0.333. The Kier molecular flexibility index (Phi) is 6.04. The predicted octanol–water partition coefficient (Wildman–Crippen LogP) is 0.740. The standard InChI is InChI=1S/C21H24N4O6S/c1-30-18-6-3-14(11-19(18)31-2)13-24-7-9-25(10-8-24)32(28,29)15-4-5-17-16(12-15)20(26)23-21(27)22-17/h3-6,11-12H,7-10,13H2,1-2H3,(H2,22,23,26,27). The van der Waals surface area contributed by atoms with Gasteiger partial charge in [-0.2, -0.15) is 4.31 Å². The van der Waals surface area contributed by atoms with Crippen molar-refractivity contribution in [1.29, 1.82) is 0 Å². The minimum absolute atomic E-state index is 0.0240. The van der Waals surface area contributed by atoms with E-state index >= 15 is 0 Å². The molecule has 4 rings (SSSR count). The summed E-state index contributed by atoms with van der Waals surface area (Å²) in [6, 6.07) is 9.87. The lowest BCUT2D eigenvalue weighted by Gasteiger charge is -2.34. The number of ether oxygens (including phenoxy) is 2. The van der Waals surface area contributed by atoms with Gasteiger partial charge in [0, 0.05) is 32.7 Å². The third-order valence-electron chi connectivity index (χ3n) is 5.53. The molecule has 0 amide bonds. The summed E-state index contributed by atoms with van der Waals surface area (Å²) in [6.07, 6.45) is 0. The van der Waals surface area contributed by atoms with Gasteiger partial charge in [0.25, 0.3) is 5.56 Å². The van der Waals surface area contributed by atoms with Gasteiger partial charge in [0.05, 0.1) is 30.0 Å². The number of benzene rings is 2. The average molecular weight is 461 g/mol.